The summed E-state index contributed by atoms with van der Waals surface area (Å²) in [6.45, 7) is 0. The van der Waals surface area contributed by atoms with Gasteiger partial charge in [0.2, 0.25) is 5.78 Å². The number of aliphatic hydroxyl groups is 2. The summed E-state index contributed by atoms with van der Waals surface area (Å²) in [6, 6.07) is 8.29. The van der Waals surface area contributed by atoms with Crippen LogP contribution in [-0.2, 0) is 14.5 Å². The zero-order chi connectivity index (χ0) is 26.0. The second-order valence-corrected chi connectivity index (χ2v) is 12.2. The maximum atomic E-state index is 13.4. The maximum Gasteiger partial charge on any atom is 0.335 e. The molecule has 1 saturated carbocycles. The van der Waals surface area contributed by atoms with Crippen molar-refractivity contribution in [1.29, 1.82) is 0 Å². The van der Waals surface area contributed by atoms with Crippen molar-refractivity contribution >= 4 is 60.8 Å². The van der Waals surface area contributed by atoms with Crippen LogP contribution in [0.15, 0.2) is 47.3 Å². The van der Waals surface area contributed by atoms with Crippen molar-refractivity contribution in [2.45, 2.75) is 37.2 Å². The van der Waals surface area contributed by atoms with Crippen LogP contribution in [0.1, 0.15) is 45.3 Å². The molecule has 2 aromatic heterocycles. The third kappa shape index (κ3) is 6.11. The van der Waals surface area contributed by atoms with Gasteiger partial charge < -0.3 is 15.5 Å². The quantitative estimate of drug-likeness (QED) is 0.266. The Labute approximate surface area is 225 Å². The van der Waals surface area contributed by atoms with Crippen LogP contribution in [0.3, 0.4) is 0 Å². The van der Waals surface area contributed by atoms with Gasteiger partial charge in [-0.2, -0.15) is 13.1 Å². The van der Waals surface area contributed by atoms with Gasteiger partial charge in [-0.15, -0.1) is 11.3 Å². The molecule has 4 N–H and O–H groups in total. The number of aliphatic hydroxyl groups excluding tert-OH is 2. The minimum absolute atomic E-state index is 0.167. The molecule has 0 unspecified atom stereocenters. The average Bonchev–Trinajstić information content (AvgIpc) is 3.40. The van der Waals surface area contributed by atoms with Crippen molar-refractivity contribution in [2.24, 2.45) is 0 Å². The van der Waals surface area contributed by atoms with E-state index < -0.39 is 40.4 Å². The lowest BCUT2D eigenvalue weighted by atomic mass is 10.0. The number of benzene rings is 1. The Morgan fingerprint density at radius 1 is 1.33 bits per heavy atom. The van der Waals surface area contributed by atoms with Crippen LogP contribution < -0.4 is 10.0 Å². The fourth-order valence-corrected chi connectivity index (χ4v) is 6.21. The van der Waals surface area contributed by atoms with E-state index in [1.54, 1.807) is 24.3 Å². The summed E-state index contributed by atoms with van der Waals surface area (Å²) in [5.74, 6) is -0.176. The molecule has 192 valence electrons. The van der Waals surface area contributed by atoms with E-state index in [9.17, 15) is 23.4 Å². The van der Waals surface area contributed by atoms with Crippen molar-refractivity contribution in [1.82, 2.24) is 14.7 Å². The molecular weight excluding hydrogens is 596 g/mol. The lowest BCUT2D eigenvalue weighted by Crippen LogP contribution is -2.31. The highest BCUT2D eigenvalue weighted by molar-refractivity contribution is 9.10. The van der Waals surface area contributed by atoms with Crippen LogP contribution in [0.5, 0.6) is 0 Å². The molecule has 2 heterocycles. The number of hydrogen-bond donors (Lipinski definition) is 4. The molecule has 0 saturated heterocycles. The standard InChI is InChI=1S/C22H22BrClN4O6S2/c1-25-36(32,33)34-17-7-13(6-16(17)29)28-22-15(9-26-10-27-22)20(31)18-8-14(21(24)35-18)19(30)11-3-2-4-12(23)5-11/h2-5,8-10,13,16-17,19,25,29-30H,6-7H2,1H3,(H,26,27,28)/t13-,16+,17-,19+/m1/s1. The zero-order valence-electron chi connectivity index (χ0n) is 18.8. The van der Waals surface area contributed by atoms with E-state index in [0.717, 1.165) is 15.8 Å². The molecule has 4 atom stereocenters. The Bertz CT molecular complexity index is 1370. The smallest absolute Gasteiger partial charge is 0.335 e. The summed E-state index contributed by atoms with van der Waals surface area (Å²) in [6.07, 6.45) is 0.00378. The van der Waals surface area contributed by atoms with Crippen LogP contribution in [-0.4, -0.2) is 59.7 Å². The maximum absolute atomic E-state index is 13.4. The molecule has 0 aliphatic heterocycles. The number of carbonyl (C=O) groups excluding carboxylic acids is 1. The number of anilines is 1. The number of hydrogen-bond acceptors (Lipinski definition) is 10. The van der Waals surface area contributed by atoms with Crippen LogP contribution in [0.4, 0.5) is 5.82 Å². The fraction of sp³-hybridized carbons (Fsp3) is 0.318. The predicted molar refractivity (Wildman–Crippen MR) is 139 cm³/mol. The number of nitrogens with zero attached hydrogens (tertiary/aromatic N) is 2. The van der Waals surface area contributed by atoms with Gasteiger partial charge >= 0.3 is 10.3 Å². The third-order valence-electron chi connectivity index (χ3n) is 5.67. The average molecular weight is 618 g/mol. The van der Waals surface area contributed by atoms with Crippen LogP contribution in [0, 0.1) is 0 Å². The first-order valence-electron chi connectivity index (χ1n) is 10.7. The molecule has 4 rings (SSSR count). The molecule has 1 aliphatic rings. The first-order valence-corrected chi connectivity index (χ1v) is 14.1. The molecule has 10 nitrogen and oxygen atoms in total. The molecular formula is C22H22BrClN4O6S2. The summed E-state index contributed by atoms with van der Waals surface area (Å²) in [7, 11) is -2.76. The van der Waals surface area contributed by atoms with Crippen LogP contribution in [0.25, 0.3) is 0 Å². The van der Waals surface area contributed by atoms with Crippen molar-refractivity contribution in [3.63, 3.8) is 0 Å². The van der Waals surface area contributed by atoms with Gasteiger partial charge in [-0.1, -0.05) is 39.7 Å². The normalized spacial score (nSPS) is 20.9. The highest BCUT2D eigenvalue weighted by atomic mass is 79.9. The van der Waals surface area contributed by atoms with Crippen molar-refractivity contribution in [2.75, 3.05) is 12.4 Å². The Morgan fingerprint density at radius 2 is 2.11 bits per heavy atom. The number of rotatable bonds is 9. The SMILES string of the molecule is CNS(=O)(=O)O[C@@H]1C[C@H](Nc2ncncc2C(=O)c2cc([C@@H](O)c3cccc(Br)c3)c(Cl)s2)C[C@@H]1O. The highest BCUT2D eigenvalue weighted by Crippen LogP contribution is 2.37. The number of carbonyl (C=O) groups is 1. The van der Waals surface area contributed by atoms with Crippen LogP contribution in [0.2, 0.25) is 4.34 Å². The van der Waals surface area contributed by atoms with Gasteiger partial charge in [0.25, 0.3) is 0 Å². The van der Waals surface area contributed by atoms with E-state index >= 15 is 0 Å². The summed E-state index contributed by atoms with van der Waals surface area (Å²) < 4.78 is 31.5. The summed E-state index contributed by atoms with van der Waals surface area (Å²) in [4.78, 5) is 21.8. The topological polar surface area (TPSA) is 151 Å². The first-order chi connectivity index (χ1) is 17.1. The molecule has 0 spiro atoms. The Kier molecular flexibility index (Phi) is 8.42. The molecule has 0 amide bonds. The Hall–Kier alpha value is -1.97. The summed E-state index contributed by atoms with van der Waals surface area (Å²) in [5, 5.41) is 24.2. The lowest BCUT2D eigenvalue weighted by Gasteiger charge is -2.15. The fourth-order valence-electron chi connectivity index (χ4n) is 3.88. The van der Waals surface area contributed by atoms with Gasteiger partial charge in [0.15, 0.2) is 0 Å². The second-order valence-electron chi connectivity index (χ2n) is 8.08. The van der Waals surface area contributed by atoms with Gasteiger partial charge in [0.1, 0.15) is 24.4 Å². The lowest BCUT2D eigenvalue weighted by molar-refractivity contribution is 0.0636. The van der Waals surface area contributed by atoms with E-state index in [-0.39, 0.29) is 33.4 Å². The second kappa shape index (κ2) is 11.2. The van der Waals surface area contributed by atoms with E-state index in [0.29, 0.717) is 11.1 Å². The monoisotopic (exact) mass is 616 g/mol. The van der Waals surface area contributed by atoms with Gasteiger partial charge in [-0.05, 0) is 36.6 Å². The van der Waals surface area contributed by atoms with Crippen molar-refractivity contribution in [3.05, 3.63) is 73.2 Å². The van der Waals surface area contributed by atoms with Gasteiger partial charge in [0, 0.05) is 29.3 Å². The van der Waals surface area contributed by atoms with E-state index in [4.69, 9.17) is 15.8 Å². The molecule has 3 aromatic rings. The predicted octanol–water partition coefficient (Wildman–Crippen LogP) is 3.05. The van der Waals surface area contributed by atoms with Gasteiger partial charge in [-0.25, -0.2) is 9.97 Å². The van der Waals surface area contributed by atoms with E-state index in [1.807, 2.05) is 10.8 Å². The molecule has 1 aliphatic carbocycles. The van der Waals surface area contributed by atoms with E-state index in [2.05, 4.69) is 31.2 Å². The number of halogens is 2. The Balaban J connectivity index is 1.53. The molecule has 36 heavy (non-hydrogen) atoms. The molecule has 0 bridgehead atoms. The minimum atomic E-state index is -3.97. The van der Waals surface area contributed by atoms with Gasteiger partial charge in [-0.3, -0.25) is 8.98 Å². The molecule has 0 radical (unpaired) electrons. The van der Waals surface area contributed by atoms with Gasteiger partial charge in [0.05, 0.1) is 20.9 Å². The minimum Gasteiger partial charge on any atom is -0.390 e. The number of nitrogens with one attached hydrogen (secondary N) is 2. The largest absolute Gasteiger partial charge is 0.390 e. The molecule has 1 aromatic carbocycles. The molecule has 14 heteroatoms. The first kappa shape index (κ1) is 27.1. The highest BCUT2D eigenvalue weighted by Gasteiger charge is 2.37. The number of thiophene rings is 1. The number of aromatic nitrogens is 2. The zero-order valence-corrected chi connectivity index (χ0v) is 22.7. The molecule has 1 fully saturated rings. The summed E-state index contributed by atoms with van der Waals surface area (Å²) >= 11 is 10.8. The third-order valence-corrected chi connectivity index (χ3v) is 8.55. The van der Waals surface area contributed by atoms with E-state index in [1.165, 1.54) is 19.6 Å². The van der Waals surface area contributed by atoms with Crippen LogP contribution >= 0.6 is 38.9 Å². The summed E-state index contributed by atoms with van der Waals surface area (Å²) in [5.41, 5.74) is 1.19. The Morgan fingerprint density at radius 3 is 2.83 bits per heavy atom. The van der Waals surface area contributed by atoms with Crippen molar-refractivity contribution in [3.8, 4) is 0 Å². The van der Waals surface area contributed by atoms with Crippen molar-refractivity contribution < 1.29 is 27.6 Å². The number of ketones is 1.